The minimum Gasteiger partial charge on any atom is -0.299 e. The average molecular weight is 314 g/mol. The monoisotopic (exact) mass is 313 g/mol. The number of likely N-dealkylation sites (N-methyl/N-ethyl adjacent to an activating group) is 1. The molecular formula is C15H17Cl2NS. The minimum absolute atomic E-state index is 0.752. The first-order chi connectivity index (χ1) is 9.20. The van der Waals surface area contributed by atoms with E-state index in [0.717, 1.165) is 41.7 Å². The number of halogens is 2. The lowest BCUT2D eigenvalue weighted by Gasteiger charge is -2.21. The van der Waals surface area contributed by atoms with E-state index >= 15 is 0 Å². The van der Waals surface area contributed by atoms with Crippen LogP contribution in [0.5, 0.6) is 0 Å². The van der Waals surface area contributed by atoms with E-state index in [9.17, 15) is 0 Å². The molecule has 19 heavy (non-hydrogen) atoms. The minimum atomic E-state index is 0.752. The summed E-state index contributed by atoms with van der Waals surface area (Å²) < 4.78 is 0. The second-order valence-electron chi connectivity index (χ2n) is 4.40. The van der Waals surface area contributed by atoms with Crippen LogP contribution in [0.3, 0.4) is 0 Å². The van der Waals surface area contributed by atoms with Gasteiger partial charge in [0.05, 0.1) is 0 Å². The van der Waals surface area contributed by atoms with Gasteiger partial charge in [0, 0.05) is 33.6 Å². The zero-order valence-corrected chi connectivity index (χ0v) is 13.2. The Morgan fingerprint density at radius 3 is 2.42 bits per heavy atom. The van der Waals surface area contributed by atoms with Gasteiger partial charge in [-0.25, -0.2) is 0 Å². The van der Waals surface area contributed by atoms with Gasteiger partial charge in [-0.1, -0.05) is 42.3 Å². The van der Waals surface area contributed by atoms with Crippen molar-refractivity contribution in [3.8, 4) is 0 Å². The summed E-state index contributed by atoms with van der Waals surface area (Å²) in [6.07, 6.45) is 1.08. The number of nitrogens with zero attached hydrogens (tertiary/aromatic N) is 1. The molecule has 4 heteroatoms. The van der Waals surface area contributed by atoms with E-state index < -0.39 is 0 Å². The Bertz CT molecular complexity index is 491. The van der Waals surface area contributed by atoms with Crippen LogP contribution in [0.25, 0.3) is 0 Å². The van der Waals surface area contributed by atoms with Gasteiger partial charge in [0.25, 0.3) is 0 Å². The Kier molecular flexibility index (Phi) is 5.71. The van der Waals surface area contributed by atoms with Crippen LogP contribution < -0.4 is 0 Å². The van der Waals surface area contributed by atoms with Crippen LogP contribution >= 0.6 is 34.5 Å². The summed E-state index contributed by atoms with van der Waals surface area (Å²) >= 11 is 14.3. The molecule has 0 saturated heterocycles. The molecule has 0 aliphatic heterocycles. The van der Waals surface area contributed by atoms with E-state index in [-0.39, 0.29) is 0 Å². The summed E-state index contributed by atoms with van der Waals surface area (Å²) in [7, 11) is 0. The van der Waals surface area contributed by atoms with Gasteiger partial charge in [-0.15, -0.1) is 11.3 Å². The van der Waals surface area contributed by atoms with Crippen molar-refractivity contribution < 1.29 is 0 Å². The van der Waals surface area contributed by atoms with Gasteiger partial charge in [0.1, 0.15) is 0 Å². The van der Waals surface area contributed by atoms with Crippen LogP contribution in [0.4, 0.5) is 0 Å². The van der Waals surface area contributed by atoms with Gasteiger partial charge < -0.3 is 0 Å². The van der Waals surface area contributed by atoms with Gasteiger partial charge in [-0.05, 0) is 36.5 Å². The molecule has 0 N–H and O–H groups in total. The lowest BCUT2D eigenvalue weighted by atomic mass is 10.2. The third kappa shape index (κ3) is 4.22. The highest BCUT2D eigenvalue weighted by atomic mass is 35.5. The van der Waals surface area contributed by atoms with Gasteiger partial charge in [0.2, 0.25) is 0 Å². The number of benzene rings is 1. The van der Waals surface area contributed by atoms with Crippen LogP contribution in [0.15, 0.2) is 35.7 Å². The molecule has 1 heterocycles. The second-order valence-corrected chi connectivity index (χ2v) is 6.24. The lowest BCUT2D eigenvalue weighted by molar-refractivity contribution is 0.284. The largest absolute Gasteiger partial charge is 0.299 e. The Hall–Kier alpha value is -0.540. The number of hydrogen-bond acceptors (Lipinski definition) is 2. The zero-order valence-electron chi connectivity index (χ0n) is 10.9. The van der Waals surface area contributed by atoms with E-state index in [2.05, 4.69) is 29.3 Å². The quantitative estimate of drug-likeness (QED) is 0.715. The van der Waals surface area contributed by atoms with Gasteiger partial charge >= 0.3 is 0 Å². The van der Waals surface area contributed by atoms with Crippen LogP contribution in [0, 0.1) is 0 Å². The summed E-state index contributed by atoms with van der Waals surface area (Å²) in [4.78, 5) is 3.79. The maximum atomic E-state index is 6.22. The van der Waals surface area contributed by atoms with Crippen molar-refractivity contribution in [2.75, 3.05) is 13.1 Å². The molecule has 0 amide bonds. The highest BCUT2D eigenvalue weighted by Gasteiger charge is 2.10. The van der Waals surface area contributed by atoms with Crippen LogP contribution in [0.2, 0.25) is 10.0 Å². The fraction of sp³-hybridized carbons (Fsp3) is 0.333. The van der Waals surface area contributed by atoms with Crippen molar-refractivity contribution in [2.24, 2.45) is 0 Å². The van der Waals surface area contributed by atoms with Gasteiger partial charge in [0.15, 0.2) is 0 Å². The summed E-state index contributed by atoms with van der Waals surface area (Å²) in [5.74, 6) is 0. The average Bonchev–Trinajstić information content (AvgIpc) is 2.91. The molecule has 0 unspecified atom stereocenters. The second kappa shape index (κ2) is 7.30. The molecule has 0 atom stereocenters. The lowest BCUT2D eigenvalue weighted by Crippen LogP contribution is -2.25. The first-order valence-corrected chi connectivity index (χ1v) is 8.02. The van der Waals surface area contributed by atoms with Crippen molar-refractivity contribution in [3.05, 3.63) is 56.2 Å². The van der Waals surface area contributed by atoms with E-state index in [4.69, 9.17) is 23.2 Å². The predicted octanol–water partition coefficient (Wildman–Crippen LogP) is 5.12. The summed E-state index contributed by atoms with van der Waals surface area (Å²) in [5.41, 5.74) is 1.03. The molecule has 102 valence electrons. The molecule has 0 aliphatic carbocycles. The van der Waals surface area contributed by atoms with Crippen LogP contribution in [-0.2, 0) is 13.0 Å². The molecule has 1 aromatic heterocycles. The Balaban J connectivity index is 1.98. The maximum absolute atomic E-state index is 6.22. The molecule has 2 rings (SSSR count). The predicted molar refractivity (Wildman–Crippen MR) is 85.4 cm³/mol. The van der Waals surface area contributed by atoms with Crippen molar-refractivity contribution in [3.63, 3.8) is 0 Å². The third-order valence-corrected chi connectivity index (χ3v) is 4.79. The summed E-state index contributed by atoms with van der Waals surface area (Å²) in [6.45, 7) is 4.99. The summed E-state index contributed by atoms with van der Waals surface area (Å²) in [5, 5.41) is 3.63. The van der Waals surface area contributed by atoms with Crippen molar-refractivity contribution >= 4 is 34.5 Å². The fourth-order valence-corrected chi connectivity index (χ4v) is 3.19. The molecule has 1 aromatic carbocycles. The van der Waals surface area contributed by atoms with Crippen LogP contribution in [-0.4, -0.2) is 18.0 Å². The molecule has 0 fully saturated rings. The molecule has 0 saturated carbocycles. The molecule has 2 aromatic rings. The number of thiophene rings is 1. The molecule has 0 aliphatic rings. The highest BCUT2D eigenvalue weighted by Crippen LogP contribution is 2.25. The first-order valence-electron chi connectivity index (χ1n) is 6.38. The Morgan fingerprint density at radius 1 is 1.11 bits per heavy atom. The van der Waals surface area contributed by atoms with Gasteiger partial charge in [-0.2, -0.15) is 0 Å². The molecule has 1 nitrogen and oxygen atoms in total. The normalized spacial score (nSPS) is 11.2. The van der Waals surface area contributed by atoms with Crippen molar-refractivity contribution in [1.29, 1.82) is 0 Å². The zero-order chi connectivity index (χ0) is 13.7. The van der Waals surface area contributed by atoms with Gasteiger partial charge in [-0.3, -0.25) is 4.90 Å². The number of hydrogen-bond donors (Lipinski definition) is 0. The topological polar surface area (TPSA) is 3.24 Å². The first kappa shape index (κ1) is 14.9. The highest BCUT2D eigenvalue weighted by molar-refractivity contribution is 7.09. The van der Waals surface area contributed by atoms with Crippen molar-refractivity contribution in [2.45, 2.75) is 19.9 Å². The van der Waals surface area contributed by atoms with Crippen LogP contribution in [0.1, 0.15) is 17.4 Å². The summed E-state index contributed by atoms with van der Waals surface area (Å²) in [6, 6.07) is 9.96. The van der Waals surface area contributed by atoms with Crippen molar-refractivity contribution in [1.82, 2.24) is 4.90 Å². The number of rotatable bonds is 6. The molecule has 0 spiro atoms. The Labute approximate surface area is 128 Å². The smallest absolute Gasteiger partial charge is 0.0465 e. The maximum Gasteiger partial charge on any atom is 0.0465 e. The van der Waals surface area contributed by atoms with E-state index in [1.54, 1.807) is 0 Å². The Morgan fingerprint density at radius 2 is 1.84 bits per heavy atom. The van der Waals surface area contributed by atoms with E-state index in [1.165, 1.54) is 4.88 Å². The standard InChI is InChI=1S/C15H17Cl2NS/c1-2-18(9-8-12-5-4-10-19-12)11-13-14(16)6-3-7-15(13)17/h3-7,10H,2,8-9,11H2,1H3. The molecular weight excluding hydrogens is 297 g/mol. The fourth-order valence-electron chi connectivity index (χ4n) is 1.98. The molecule has 0 bridgehead atoms. The van der Waals surface area contributed by atoms with E-state index in [0.29, 0.717) is 0 Å². The van der Waals surface area contributed by atoms with E-state index in [1.807, 2.05) is 29.5 Å². The SMILES string of the molecule is CCN(CCc1cccs1)Cc1c(Cl)cccc1Cl. The third-order valence-electron chi connectivity index (χ3n) is 3.15. The molecule has 0 radical (unpaired) electrons.